The fourth-order valence-electron chi connectivity index (χ4n) is 2.24. The first-order valence-corrected chi connectivity index (χ1v) is 6.67. The van der Waals surface area contributed by atoms with Crippen LogP contribution in [0.15, 0.2) is 18.5 Å². The van der Waals surface area contributed by atoms with E-state index in [9.17, 15) is 5.11 Å². The van der Waals surface area contributed by atoms with Crippen molar-refractivity contribution in [2.75, 3.05) is 23.8 Å². The van der Waals surface area contributed by atoms with Gasteiger partial charge in [0, 0.05) is 25.0 Å². The van der Waals surface area contributed by atoms with E-state index in [0.717, 1.165) is 12.8 Å². The van der Waals surface area contributed by atoms with Gasteiger partial charge in [0.2, 0.25) is 11.9 Å². The molecule has 20 heavy (non-hydrogen) atoms. The predicted molar refractivity (Wildman–Crippen MR) is 73.4 cm³/mol. The maximum Gasteiger partial charge on any atom is 0.257 e. The molecule has 0 unspecified atom stereocenters. The lowest BCUT2D eigenvalue weighted by molar-refractivity contribution is 0.282. The standard InChI is InChI=1S/C12H17N7O/c13-10-15-11(18(7-8-20)9-3-1-4-9)17-12(16-10)19-6-2-5-14-19/h2,5-6,9,20H,1,3-4,7-8H2,(H2,13,15,16,17). The Balaban J connectivity index is 1.95. The lowest BCUT2D eigenvalue weighted by Crippen LogP contribution is -2.43. The molecular weight excluding hydrogens is 258 g/mol. The van der Waals surface area contributed by atoms with Gasteiger partial charge in [0.15, 0.2) is 0 Å². The molecule has 0 atom stereocenters. The van der Waals surface area contributed by atoms with E-state index in [-0.39, 0.29) is 12.6 Å². The number of nitrogens with zero attached hydrogens (tertiary/aromatic N) is 6. The number of aliphatic hydroxyl groups excluding tert-OH is 1. The molecular formula is C12H17N7O. The quantitative estimate of drug-likeness (QED) is 0.790. The molecule has 2 aromatic heterocycles. The molecule has 8 nitrogen and oxygen atoms in total. The highest BCUT2D eigenvalue weighted by atomic mass is 16.3. The fraction of sp³-hybridized carbons (Fsp3) is 0.500. The number of aromatic nitrogens is 5. The molecule has 3 N–H and O–H groups in total. The minimum atomic E-state index is 0.0548. The zero-order chi connectivity index (χ0) is 13.9. The minimum absolute atomic E-state index is 0.0548. The van der Waals surface area contributed by atoms with Crippen LogP contribution < -0.4 is 10.6 Å². The Morgan fingerprint density at radius 3 is 2.80 bits per heavy atom. The van der Waals surface area contributed by atoms with Crippen molar-refractivity contribution in [3.63, 3.8) is 0 Å². The van der Waals surface area contributed by atoms with Crippen molar-refractivity contribution < 1.29 is 5.11 Å². The van der Waals surface area contributed by atoms with Crippen molar-refractivity contribution in [1.29, 1.82) is 0 Å². The largest absolute Gasteiger partial charge is 0.395 e. The lowest BCUT2D eigenvalue weighted by Gasteiger charge is -2.37. The minimum Gasteiger partial charge on any atom is -0.395 e. The average molecular weight is 275 g/mol. The van der Waals surface area contributed by atoms with Crippen LogP contribution in [0.5, 0.6) is 0 Å². The monoisotopic (exact) mass is 275 g/mol. The van der Waals surface area contributed by atoms with Crippen molar-refractivity contribution >= 4 is 11.9 Å². The van der Waals surface area contributed by atoms with Crippen LogP contribution in [-0.4, -0.2) is 49.0 Å². The Morgan fingerprint density at radius 2 is 2.20 bits per heavy atom. The van der Waals surface area contributed by atoms with E-state index < -0.39 is 0 Å². The molecule has 1 aliphatic carbocycles. The smallest absolute Gasteiger partial charge is 0.257 e. The molecule has 0 radical (unpaired) electrons. The molecule has 0 amide bonds. The van der Waals surface area contributed by atoms with E-state index in [1.54, 1.807) is 23.1 Å². The molecule has 106 valence electrons. The molecule has 0 aromatic carbocycles. The van der Waals surface area contributed by atoms with Crippen LogP contribution in [0.2, 0.25) is 0 Å². The van der Waals surface area contributed by atoms with Gasteiger partial charge < -0.3 is 15.7 Å². The first-order valence-electron chi connectivity index (χ1n) is 6.67. The molecule has 1 fully saturated rings. The first-order chi connectivity index (χ1) is 9.78. The summed E-state index contributed by atoms with van der Waals surface area (Å²) < 4.78 is 1.54. The van der Waals surface area contributed by atoms with Gasteiger partial charge in [-0.15, -0.1) is 0 Å². The van der Waals surface area contributed by atoms with E-state index in [0.29, 0.717) is 24.5 Å². The van der Waals surface area contributed by atoms with Crippen LogP contribution in [-0.2, 0) is 0 Å². The van der Waals surface area contributed by atoms with Gasteiger partial charge in [0.05, 0.1) is 6.61 Å². The summed E-state index contributed by atoms with van der Waals surface area (Å²) in [6, 6.07) is 2.16. The van der Waals surface area contributed by atoms with Gasteiger partial charge in [-0.3, -0.25) is 0 Å². The summed E-state index contributed by atoms with van der Waals surface area (Å²) >= 11 is 0. The van der Waals surface area contributed by atoms with Gasteiger partial charge in [0.1, 0.15) is 0 Å². The van der Waals surface area contributed by atoms with E-state index in [4.69, 9.17) is 5.73 Å². The highest BCUT2D eigenvalue weighted by molar-refractivity contribution is 5.39. The molecule has 1 saturated carbocycles. The molecule has 0 aliphatic heterocycles. The number of rotatable bonds is 5. The zero-order valence-electron chi connectivity index (χ0n) is 11.1. The normalized spacial score (nSPS) is 15.1. The van der Waals surface area contributed by atoms with E-state index in [1.807, 2.05) is 4.90 Å². The first kappa shape index (κ1) is 12.8. The molecule has 1 aliphatic rings. The Bertz CT molecular complexity index is 567. The second-order valence-electron chi connectivity index (χ2n) is 4.75. The van der Waals surface area contributed by atoms with Crippen LogP contribution in [0.4, 0.5) is 11.9 Å². The van der Waals surface area contributed by atoms with Gasteiger partial charge >= 0.3 is 0 Å². The molecule has 3 rings (SSSR count). The summed E-state index contributed by atoms with van der Waals surface area (Å²) in [7, 11) is 0. The molecule has 8 heteroatoms. The summed E-state index contributed by atoms with van der Waals surface area (Å²) in [5.74, 6) is 1.05. The van der Waals surface area contributed by atoms with Crippen molar-refractivity contribution in [3.05, 3.63) is 18.5 Å². The maximum absolute atomic E-state index is 9.23. The van der Waals surface area contributed by atoms with Crippen molar-refractivity contribution in [2.24, 2.45) is 0 Å². The zero-order valence-corrected chi connectivity index (χ0v) is 11.1. The Kier molecular flexibility index (Phi) is 3.46. The second kappa shape index (κ2) is 5.41. The number of hydrogen-bond donors (Lipinski definition) is 2. The Morgan fingerprint density at radius 1 is 1.35 bits per heavy atom. The fourth-order valence-corrected chi connectivity index (χ4v) is 2.24. The van der Waals surface area contributed by atoms with Gasteiger partial charge in [0.25, 0.3) is 5.95 Å². The Hall–Kier alpha value is -2.22. The molecule has 0 bridgehead atoms. The predicted octanol–water partition coefficient (Wildman–Crippen LogP) is -0.00930. The third-order valence-electron chi connectivity index (χ3n) is 3.45. The third-order valence-corrected chi connectivity index (χ3v) is 3.45. The SMILES string of the molecule is Nc1nc(N(CCO)C2CCC2)nc(-n2cccn2)n1. The second-order valence-corrected chi connectivity index (χ2v) is 4.75. The summed E-state index contributed by atoms with van der Waals surface area (Å²) in [5.41, 5.74) is 5.77. The van der Waals surface area contributed by atoms with Crippen LogP contribution in [0.3, 0.4) is 0 Å². The van der Waals surface area contributed by atoms with Crippen LogP contribution >= 0.6 is 0 Å². The van der Waals surface area contributed by atoms with Crippen LogP contribution in [0, 0.1) is 0 Å². The summed E-state index contributed by atoms with van der Waals surface area (Å²) in [6.45, 7) is 0.547. The van der Waals surface area contributed by atoms with Gasteiger partial charge in [-0.25, -0.2) is 4.68 Å². The number of aliphatic hydroxyl groups is 1. The van der Waals surface area contributed by atoms with E-state index in [1.165, 1.54) is 6.42 Å². The Labute approximate surface area is 116 Å². The summed E-state index contributed by atoms with van der Waals surface area (Å²) in [4.78, 5) is 14.7. The summed E-state index contributed by atoms with van der Waals surface area (Å²) in [6.07, 6.45) is 6.76. The van der Waals surface area contributed by atoms with Crippen molar-refractivity contribution in [1.82, 2.24) is 24.7 Å². The van der Waals surface area contributed by atoms with E-state index in [2.05, 4.69) is 20.1 Å². The lowest BCUT2D eigenvalue weighted by atomic mass is 9.92. The molecule has 2 heterocycles. The van der Waals surface area contributed by atoms with Crippen LogP contribution in [0.25, 0.3) is 5.95 Å². The molecule has 0 spiro atoms. The van der Waals surface area contributed by atoms with Crippen molar-refractivity contribution in [2.45, 2.75) is 25.3 Å². The highest BCUT2D eigenvalue weighted by Gasteiger charge is 2.27. The maximum atomic E-state index is 9.23. The average Bonchev–Trinajstić information content (AvgIpc) is 2.89. The third kappa shape index (κ3) is 2.42. The number of nitrogen functional groups attached to an aromatic ring is 1. The number of nitrogens with two attached hydrogens (primary N) is 1. The topological polar surface area (TPSA) is 106 Å². The van der Waals surface area contributed by atoms with Crippen molar-refractivity contribution in [3.8, 4) is 5.95 Å². The number of anilines is 2. The van der Waals surface area contributed by atoms with Gasteiger partial charge in [-0.2, -0.15) is 20.1 Å². The van der Waals surface area contributed by atoms with Gasteiger partial charge in [-0.05, 0) is 25.3 Å². The van der Waals surface area contributed by atoms with E-state index >= 15 is 0 Å². The summed E-state index contributed by atoms with van der Waals surface area (Å²) in [5, 5.41) is 13.3. The van der Waals surface area contributed by atoms with Gasteiger partial charge in [-0.1, -0.05) is 0 Å². The van der Waals surface area contributed by atoms with Crippen LogP contribution in [0.1, 0.15) is 19.3 Å². The molecule has 0 saturated heterocycles. The highest BCUT2D eigenvalue weighted by Crippen LogP contribution is 2.27. The molecule has 2 aromatic rings. The number of hydrogen-bond acceptors (Lipinski definition) is 7.